The minimum atomic E-state index is -0.412. The van der Waals surface area contributed by atoms with E-state index in [-0.39, 0.29) is 5.69 Å². The van der Waals surface area contributed by atoms with Gasteiger partial charge in [-0.25, -0.2) is 0 Å². The fourth-order valence-corrected chi connectivity index (χ4v) is 3.85. The summed E-state index contributed by atoms with van der Waals surface area (Å²) in [6, 6.07) is 24.2. The normalized spacial score (nSPS) is 13.7. The van der Waals surface area contributed by atoms with Gasteiger partial charge in [-0.3, -0.25) is 10.1 Å². The molecule has 33 heavy (non-hydrogen) atoms. The predicted molar refractivity (Wildman–Crippen MR) is 126 cm³/mol. The minimum absolute atomic E-state index is 0.0365. The summed E-state index contributed by atoms with van der Waals surface area (Å²) >= 11 is 0. The highest BCUT2D eigenvalue weighted by Gasteiger charge is 2.20. The molecule has 3 heterocycles. The lowest BCUT2D eigenvalue weighted by atomic mass is 10.1. The largest absolute Gasteiger partial charge is 0.352 e. The Kier molecular flexibility index (Phi) is 5.59. The highest BCUT2D eigenvalue weighted by atomic mass is 16.6. The Bertz CT molecular complexity index is 1240. The maximum Gasteiger partial charge on any atom is 0.270 e. The summed E-state index contributed by atoms with van der Waals surface area (Å²) in [6.45, 7) is 3.17. The molecule has 0 amide bonds. The van der Waals surface area contributed by atoms with Gasteiger partial charge in [-0.2, -0.15) is 0 Å². The van der Waals surface area contributed by atoms with Crippen LogP contribution < -0.4 is 9.80 Å². The number of nitro benzene ring substituents is 1. The van der Waals surface area contributed by atoms with Crippen LogP contribution in [0.4, 0.5) is 17.3 Å². The zero-order valence-electron chi connectivity index (χ0n) is 17.8. The van der Waals surface area contributed by atoms with Crippen LogP contribution in [0.25, 0.3) is 22.5 Å². The summed E-state index contributed by atoms with van der Waals surface area (Å²) in [5, 5.41) is 28.5. The summed E-state index contributed by atoms with van der Waals surface area (Å²) in [7, 11) is 0. The molecular weight excluding hydrogens is 418 g/mol. The Morgan fingerprint density at radius 1 is 0.636 bits per heavy atom. The summed E-state index contributed by atoms with van der Waals surface area (Å²) in [6.07, 6.45) is 0. The van der Waals surface area contributed by atoms with Crippen LogP contribution in [0, 0.1) is 10.1 Å². The van der Waals surface area contributed by atoms with Gasteiger partial charge < -0.3 is 9.80 Å². The van der Waals surface area contributed by atoms with Gasteiger partial charge in [0.05, 0.1) is 16.3 Å². The molecule has 164 valence electrons. The van der Waals surface area contributed by atoms with Crippen molar-refractivity contribution < 1.29 is 4.92 Å². The van der Waals surface area contributed by atoms with Crippen molar-refractivity contribution in [2.75, 3.05) is 36.0 Å². The third kappa shape index (κ3) is 4.47. The maximum atomic E-state index is 11.0. The minimum Gasteiger partial charge on any atom is -0.352 e. The van der Waals surface area contributed by atoms with Crippen molar-refractivity contribution in [1.29, 1.82) is 0 Å². The summed E-state index contributed by atoms with van der Waals surface area (Å²) in [4.78, 5) is 15.0. The molecule has 2 aromatic carbocycles. The van der Waals surface area contributed by atoms with Gasteiger partial charge in [0.15, 0.2) is 11.6 Å². The third-order valence-corrected chi connectivity index (χ3v) is 5.65. The van der Waals surface area contributed by atoms with Crippen LogP contribution in [0.2, 0.25) is 0 Å². The Balaban J connectivity index is 1.22. The fourth-order valence-electron chi connectivity index (χ4n) is 3.85. The van der Waals surface area contributed by atoms with Crippen LogP contribution in [0.3, 0.4) is 0 Å². The van der Waals surface area contributed by atoms with Gasteiger partial charge >= 0.3 is 0 Å². The molecule has 9 nitrogen and oxygen atoms in total. The summed E-state index contributed by atoms with van der Waals surface area (Å²) < 4.78 is 0. The van der Waals surface area contributed by atoms with Gasteiger partial charge in [0.2, 0.25) is 0 Å². The molecule has 1 aliphatic rings. The van der Waals surface area contributed by atoms with Crippen molar-refractivity contribution in [2.24, 2.45) is 0 Å². The van der Waals surface area contributed by atoms with Crippen LogP contribution >= 0.6 is 0 Å². The molecule has 0 saturated carbocycles. The van der Waals surface area contributed by atoms with Gasteiger partial charge in [0.25, 0.3) is 5.69 Å². The van der Waals surface area contributed by atoms with E-state index in [2.05, 4.69) is 30.2 Å². The molecule has 0 atom stereocenters. The molecule has 9 heteroatoms. The van der Waals surface area contributed by atoms with Crippen LogP contribution in [0.15, 0.2) is 78.9 Å². The zero-order valence-corrected chi connectivity index (χ0v) is 17.8. The number of non-ortho nitro benzene ring substituents is 1. The van der Waals surface area contributed by atoms with E-state index in [0.29, 0.717) is 11.3 Å². The van der Waals surface area contributed by atoms with Gasteiger partial charge in [-0.15, -0.1) is 20.4 Å². The first-order valence-electron chi connectivity index (χ1n) is 10.6. The molecule has 0 N–H and O–H groups in total. The van der Waals surface area contributed by atoms with Crippen molar-refractivity contribution in [3.63, 3.8) is 0 Å². The number of hydrogen-bond donors (Lipinski definition) is 0. The Labute approximate surface area is 190 Å². The van der Waals surface area contributed by atoms with Gasteiger partial charge in [-0.1, -0.05) is 42.5 Å². The number of hydrogen-bond acceptors (Lipinski definition) is 8. The van der Waals surface area contributed by atoms with E-state index in [9.17, 15) is 10.1 Å². The van der Waals surface area contributed by atoms with Crippen molar-refractivity contribution in [2.45, 2.75) is 0 Å². The van der Waals surface area contributed by atoms with Gasteiger partial charge in [-0.05, 0) is 24.3 Å². The second-order valence-electron chi connectivity index (χ2n) is 7.70. The number of aromatic nitrogens is 4. The predicted octanol–water partition coefficient (Wildman–Crippen LogP) is 3.84. The van der Waals surface area contributed by atoms with Crippen molar-refractivity contribution in [3.05, 3.63) is 89.0 Å². The molecular formula is C24H21N7O2. The summed E-state index contributed by atoms with van der Waals surface area (Å²) in [5.41, 5.74) is 3.22. The molecule has 0 aliphatic carbocycles. The molecule has 4 aromatic rings. The molecule has 1 aliphatic heterocycles. The second-order valence-corrected chi connectivity index (χ2v) is 7.70. The first-order valence-corrected chi connectivity index (χ1v) is 10.6. The van der Waals surface area contributed by atoms with E-state index >= 15 is 0 Å². The van der Waals surface area contributed by atoms with E-state index in [1.54, 1.807) is 12.1 Å². The lowest BCUT2D eigenvalue weighted by molar-refractivity contribution is -0.384. The lowest BCUT2D eigenvalue weighted by Crippen LogP contribution is -2.47. The monoisotopic (exact) mass is 439 g/mol. The SMILES string of the molecule is O=[N+]([O-])c1cccc(-c2ccc(N3CCN(c4ccc(-c5ccccc5)nn4)CC3)nn2)c1. The smallest absolute Gasteiger partial charge is 0.270 e. The molecule has 2 aromatic heterocycles. The van der Waals surface area contributed by atoms with Crippen molar-refractivity contribution in [3.8, 4) is 22.5 Å². The third-order valence-electron chi connectivity index (χ3n) is 5.65. The molecule has 5 rings (SSSR count). The highest BCUT2D eigenvalue weighted by Crippen LogP contribution is 2.24. The van der Waals surface area contributed by atoms with Gasteiger partial charge in [0.1, 0.15) is 0 Å². The molecule has 0 radical (unpaired) electrons. The van der Waals surface area contributed by atoms with E-state index in [1.165, 1.54) is 12.1 Å². The van der Waals surface area contributed by atoms with E-state index in [4.69, 9.17) is 0 Å². The van der Waals surface area contributed by atoms with E-state index in [1.807, 2.05) is 54.6 Å². The Hall–Kier alpha value is -4.40. The number of rotatable bonds is 5. The number of anilines is 2. The first-order chi connectivity index (χ1) is 16.2. The zero-order chi connectivity index (χ0) is 22.6. The quantitative estimate of drug-likeness (QED) is 0.342. The highest BCUT2D eigenvalue weighted by molar-refractivity contribution is 5.63. The molecule has 1 saturated heterocycles. The average Bonchev–Trinajstić information content (AvgIpc) is 2.90. The Morgan fingerprint density at radius 3 is 1.70 bits per heavy atom. The maximum absolute atomic E-state index is 11.0. The van der Waals surface area contributed by atoms with Crippen molar-refractivity contribution in [1.82, 2.24) is 20.4 Å². The van der Waals surface area contributed by atoms with Crippen LogP contribution in [0.1, 0.15) is 0 Å². The number of piperazine rings is 1. The van der Waals surface area contributed by atoms with E-state index < -0.39 is 4.92 Å². The average molecular weight is 439 g/mol. The van der Waals surface area contributed by atoms with Crippen LogP contribution in [-0.2, 0) is 0 Å². The van der Waals surface area contributed by atoms with Crippen molar-refractivity contribution >= 4 is 17.3 Å². The van der Waals surface area contributed by atoms with Crippen LogP contribution in [-0.4, -0.2) is 51.5 Å². The molecule has 1 fully saturated rings. The molecule has 0 bridgehead atoms. The van der Waals surface area contributed by atoms with Crippen LogP contribution in [0.5, 0.6) is 0 Å². The fraction of sp³-hybridized carbons (Fsp3) is 0.167. The topological polar surface area (TPSA) is 101 Å². The molecule has 0 spiro atoms. The summed E-state index contributed by atoms with van der Waals surface area (Å²) in [5.74, 6) is 1.65. The molecule has 0 unspecified atom stereocenters. The number of benzene rings is 2. The number of nitrogens with zero attached hydrogens (tertiary/aromatic N) is 7. The Morgan fingerprint density at radius 2 is 1.18 bits per heavy atom. The standard InChI is InChI=1S/C24H21N7O2/c32-31(33)20-8-4-7-19(17-20)22-10-12-24(28-26-22)30-15-13-29(14-16-30)23-11-9-21(25-27-23)18-5-2-1-3-6-18/h1-12,17H,13-16H2. The van der Waals surface area contributed by atoms with Gasteiger partial charge in [0, 0.05) is 49.4 Å². The number of nitro groups is 1. The van der Waals surface area contributed by atoms with E-state index in [0.717, 1.165) is 49.1 Å². The lowest BCUT2D eigenvalue weighted by Gasteiger charge is -2.35. The second kappa shape index (κ2) is 8.99. The first kappa shape index (κ1) is 20.5.